The largest absolute Gasteiger partial charge is 0.457 e. The smallest absolute Gasteiger partial charge is 0.179 e. The van der Waals surface area contributed by atoms with E-state index in [2.05, 4.69) is 95.6 Å². The standard InChI is InChI=1S/C73H47N3OSi/c1-4-22-50(23-5-1)78(51-24-6-2-7-25-51,52-26-8-3-9-27-52)53-41-42-60-69(47-53)76-68-43-40-48(74-64-34-16-10-28-54(64)55-29-11-17-35-65(55)74)44-58(68)59-45-49(75-66-36-18-12-30-56(66)57-31-13-19-37-67(57)75)46-63(72(59)76)73(60)61-32-14-20-38-70(61)77-71-39-21-15-33-62(71)73/h1-47H/i10D,11D,12D,13D,16D,17D,18D,19D,28D,29D,30D,31D,34D,35D,36D,37D. The van der Waals surface area contributed by atoms with Crippen LogP contribution in [0.2, 0.25) is 0 Å². The number of hydrogen-bond donors (Lipinski definition) is 0. The third-order valence-corrected chi connectivity index (χ3v) is 21.1. The maximum absolute atomic E-state index is 9.75. The third-order valence-electron chi connectivity index (χ3n) is 16.3. The van der Waals surface area contributed by atoms with Crippen molar-refractivity contribution in [3.8, 4) is 28.6 Å². The molecule has 17 rings (SSSR count). The lowest BCUT2D eigenvalue weighted by Gasteiger charge is -2.45. The van der Waals surface area contributed by atoms with Crippen LogP contribution in [0.1, 0.15) is 44.2 Å². The quantitative estimate of drug-likeness (QED) is 0.120. The first-order chi connectivity index (χ1) is 45.3. The molecule has 0 saturated heterocycles. The molecule has 1 spiro atoms. The first-order valence-electron chi connectivity index (χ1n) is 33.7. The van der Waals surface area contributed by atoms with E-state index in [0.29, 0.717) is 38.9 Å². The third kappa shape index (κ3) is 5.67. The molecule has 12 aromatic carbocycles. The Morgan fingerprint density at radius 3 is 1.28 bits per heavy atom. The molecule has 2 aliphatic rings. The van der Waals surface area contributed by atoms with Crippen molar-refractivity contribution in [3.05, 3.63) is 307 Å². The Morgan fingerprint density at radius 1 is 0.321 bits per heavy atom. The van der Waals surface area contributed by atoms with Crippen molar-refractivity contribution in [2.45, 2.75) is 5.41 Å². The lowest BCUT2D eigenvalue weighted by Crippen LogP contribution is -2.74. The number of rotatable bonds is 6. The zero-order valence-electron chi connectivity index (χ0n) is 57.1. The minimum absolute atomic E-state index is 0.0799. The molecule has 78 heavy (non-hydrogen) atoms. The second-order valence-corrected chi connectivity index (χ2v) is 23.7. The van der Waals surface area contributed by atoms with Crippen molar-refractivity contribution < 1.29 is 26.7 Å². The number of para-hydroxylation sites is 6. The van der Waals surface area contributed by atoms with Crippen molar-refractivity contribution in [2.75, 3.05) is 0 Å². The van der Waals surface area contributed by atoms with Gasteiger partial charge in [-0.3, -0.25) is 0 Å². The Kier molecular flexibility index (Phi) is 6.38. The fraction of sp³-hybridized carbons (Fsp3) is 0.0137. The molecular formula is C73H47N3OSi. The molecule has 0 amide bonds. The molecule has 0 saturated carbocycles. The van der Waals surface area contributed by atoms with Gasteiger partial charge in [-0.25, -0.2) is 0 Å². The highest BCUT2D eigenvalue weighted by molar-refractivity contribution is 7.19. The highest BCUT2D eigenvalue weighted by Gasteiger charge is 2.52. The van der Waals surface area contributed by atoms with Gasteiger partial charge in [0.05, 0.1) is 66.1 Å². The van der Waals surface area contributed by atoms with E-state index in [0.717, 1.165) is 43.1 Å². The number of hydrogen-bond acceptors (Lipinski definition) is 1. The second kappa shape index (κ2) is 16.3. The van der Waals surface area contributed by atoms with Gasteiger partial charge in [-0.1, -0.05) is 212 Å². The molecule has 15 aromatic rings. The molecule has 5 heterocycles. The van der Waals surface area contributed by atoms with Crippen LogP contribution in [-0.4, -0.2) is 21.8 Å². The molecule has 0 aliphatic carbocycles. The van der Waals surface area contributed by atoms with Crippen LogP contribution in [0.3, 0.4) is 0 Å². The Morgan fingerprint density at radius 2 is 0.769 bits per heavy atom. The zero-order valence-corrected chi connectivity index (χ0v) is 42.1. The van der Waals surface area contributed by atoms with Crippen molar-refractivity contribution in [1.29, 1.82) is 0 Å². The Labute approximate surface area is 474 Å². The summed E-state index contributed by atoms with van der Waals surface area (Å²) in [4.78, 5) is 0. The summed E-state index contributed by atoms with van der Waals surface area (Å²) in [5.41, 5.74) is 3.85. The molecule has 0 atom stereocenters. The van der Waals surface area contributed by atoms with Gasteiger partial charge in [-0.05, 0) is 105 Å². The predicted molar refractivity (Wildman–Crippen MR) is 325 cm³/mol. The lowest BCUT2D eigenvalue weighted by atomic mass is 9.61. The van der Waals surface area contributed by atoms with Crippen LogP contribution in [0.4, 0.5) is 0 Å². The molecule has 4 nitrogen and oxygen atoms in total. The van der Waals surface area contributed by atoms with E-state index in [-0.39, 0.29) is 55.0 Å². The number of aromatic nitrogens is 3. The number of benzene rings is 12. The molecule has 3 aromatic heterocycles. The topological polar surface area (TPSA) is 24.0 Å². The fourth-order valence-electron chi connectivity index (χ4n) is 13.3. The monoisotopic (exact) mass is 1030 g/mol. The van der Waals surface area contributed by atoms with Crippen LogP contribution in [0, 0.1) is 0 Å². The molecule has 364 valence electrons. The van der Waals surface area contributed by atoms with Crippen molar-refractivity contribution in [1.82, 2.24) is 13.7 Å². The maximum Gasteiger partial charge on any atom is 0.179 e. The van der Waals surface area contributed by atoms with Gasteiger partial charge < -0.3 is 18.4 Å². The first kappa shape index (κ1) is 30.6. The summed E-state index contributed by atoms with van der Waals surface area (Å²) in [5.74, 6) is 1.09. The minimum Gasteiger partial charge on any atom is -0.457 e. The van der Waals surface area contributed by atoms with Crippen LogP contribution in [0.25, 0.3) is 82.5 Å². The summed E-state index contributed by atoms with van der Waals surface area (Å²) in [6.07, 6.45) is 0. The van der Waals surface area contributed by atoms with Gasteiger partial charge in [-0.15, -0.1) is 0 Å². The summed E-state index contributed by atoms with van der Waals surface area (Å²) < 4.78 is 160. The van der Waals surface area contributed by atoms with Crippen LogP contribution in [-0.2, 0) is 5.41 Å². The second-order valence-electron chi connectivity index (χ2n) is 19.9. The van der Waals surface area contributed by atoms with E-state index in [1.807, 2.05) is 91.0 Å². The zero-order chi connectivity index (χ0) is 65.0. The van der Waals surface area contributed by atoms with Gasteiger partial charge in [0.1, 0.15) is 11.5 Å². The van der Waals surface area contributed by atoms with Gasteiger partial charge in [0.25, 0.3) is 0 Å². The van der Waals surface area contributed by atoms with E-state index in [9.17, 15) is 13.7 Å². The average molecular weight is 1030 g/mol. The van der Waals surface area contributed by atoms with Crippen LogP contribution in [0.15, 0.2) is 285 Å². The molecule has 0 bridgehead atoms. The van der Waals surface area contributed by atoms with Gasteiger partial charge in [0.15, 0.2) is 8.07 Å². The van der Waals surface area contributed by atoms with Gasteiger partial charge >= 0.3 is 0 Å². The average Bonchev–Trinajstić information content (AvgIpc) is 1.17. The number of fused-ring (bicyclic) bond motifs is 17. The highest BCUT2D eigenvalue weighted by atomic mass is 28.3. The Bertz CT molecular complexity index is 5630. The van der Waals surface area contributed by atoms with Crippen LogP contribution < -0.4 is 25.5 Å². The SMILES string of the molecule is [2H]c1c([2H])c([2H])c2c(c1[2H])c1c([2H])c([2H])c([2H])c([2H])c1n2-c1ccc2c(c1)c1cc(-n3c4c([2H])c([2H])c([2H])c([2H])c4c4c([2H])c([2H])c([2H])c([2H])c43)cc3c1n2-c1cc([Si](c2ccccc2)(c2ccccc2)c2ccccc2)ccc1C31c2ccccc2Oc2ccccc21. The Hall–Kier alpha value is -9.94. The van der Waals surface area contributed by atoms with E-state index in [1.165, 1.54) is 9.13 Å². The number of nitrogens with zero attached hydrogens (tertiary/aromatic N) is 3. The Balaban J connectivity index is 1.12. The molecule has 2 aliphatic heterocycles. The normalized spacial score (nSPS) is 16.2. The lowest BCUT2D eigenvalue weighted by molar-refractivity contribution is 0.434. The van der Waals surface area contributed by atoms with E-state index < -0.39 is 110 Å². The van der Waals surface area contributed by atoms with E-state index >= 15 is 0 Å². The maximum atomic E-state index is 9.75. The van der Waals surface area contributed by atoms with E-state index in [4.69, 9.17) is 13.0 Å². The van der Waals surface area contributed by atoms with E-state index in [1.54, 1.807) is 6.07 Å². The molecule has 0 N–H and O–H groups in total. The van der Waals surface area contributed by atoms with Gasteiger partial charge in [-0.2, -0.15) is 0 Å². The fourth-order valence-corrected chi connectivity index (χ4v) is 18.1. The summed E-state index contributed by atoms with van der Waals surface area (Å²) in [6, 6.07) is 54.8. The summed E-state index contributed by atoms with van der Waals surface area (Å²) in [5, 5.41) is 5.06. The van der Waals surface area contributed by atoms with Crippen molar-refractivity contribution in [2.24, 2.45) is 0 Å². The predicted octanol–water partition coefficient (Wildman–Crippen LogP) is 15.2. The molecule has 0 radical (unpaired) electrons. The number of ether oxygens (including phenoxy) is 1. The van der Waals surface area contributed by atoms with Crippen LogP contribution >= 0.6 is 0 Å². The van der Waals surface area contributed by atoms with Crippen molar-refractivity contribution in [3.63, 3.8) is 0 Å². The minimum atomic E-state index is -3.35. The summed E-state index contributed by atoms with van der Waals surface area (Å²) in [7, 11) is -3.35. The van der Waals surface area contributed by atoms with Crippen molar-refractivity contribution >= 4 is 94.2 Å². The first-order valence-corrected chi connectivity index (χ1v) is 27.7. The van der Waals surface area contributed by atoms with Crippen LogP contribution in [0.5, 0.6) is 11.5 Å². The molecule has 0 fully saturated rings. The molecule has 5 heteroatoms. The summed E-state index contributed by atoms with van der Waals surface area (Å²) >= 11 is 0. The summed E-state index contributed by atoms with van der Waals surface area (Å²) in [6.45, 7) is 0. The highest BCUT2D eigenvalue weighted by Crippen LogP contribution is 2.61. The van der Waals surface area contributed by atoms with Gasteiger partial charge in [0.2, 0.25) is 0 Å². The van der Waals surface area contributed by atoms with Gasteiger partial charge in [0, 0.05) is 54.8 Å². The molecular weight excluding hydrogens is 963 g/mol. The molecule has 0 unspecified atom stereocenters.